The summed E-state index contributed by atoms with van der Waals surface area (Å²) in [4.78, 5) is 40.0. The van der Waals surface area contributed by atoms with Gasteiger partial charge in [-0.05, 0) is 38.0 Å². The van der Waals surface area contributed by atoms with Crippen LogP contribution < -0.4 is 0 Å². The van der Waals surface area contributed by atoms with E-state index in [2.05, 4.69) is 0 Å². The van der Waals surface area contributed by atoms with Crippen LogP contribution in [-0.4, -0.2) is 64.4 Å². The molecule has 0 unspecified atom stereocenters. The maximum atomic E-state index is 13.5. The van der Waals surface area contributed by atoms with Crippen LogP contribution in [0.25, 0.3) is 0 Å². The highest BCUT2D eigenvalue weighted by Gasteiger charge is 2.47. The van der Waals surface area contributed by atoms with Gasteiger partial charge in [0.25, 0.3) is 5.91 Å². The van der Waals surface area contributed by atoms with E-state index in [1.165, 1.54) is 12.1 Å². The van der Waals surface area contributed by atoms with Crippen LogP contribution in [0.2, 0.25) is 0 Å². The first-order valence-electron chi connectivity index (χ1n) is 9.60. The van der Waals surface area contributed by atoms with Gasteiger partial charge in [-0.25, -0.2) is 4.39 Å². The second-order valence-electron chi connectivity index (χ2n) is 6.95. The van der Waals surface area contributed by atoms with Gasteiger partial charge in [0.1, 0.15) is 5.82 Å². The summed E-state index contributed by atoms with van der Waals surface area (Å²) in [6.45, 7) is 3.76. The van der Waals surface area contributed by atoms with Crippen LogP contribution in [0.15, 0.2) is 24.3 Å². The molecule has 0 bridgehead atoms. The zero-order valence-corrected chi connectivity index (χ0v) is 16.8. The van der Waals surface area contributed by atoms with Crippen LogP contribution in [0.3, 0.4) is 0 Å². The number of halogens is 1. The lowest BCUT2D eigenvalue weighted by molar-refractivity contribution is -0.146. The zero-order valence-electron chi connectivity index (χ0n) is 16.0. The minimum atomic E-state index is -0.422. The molecule has 1 aromatic carbocycles. The first kappa shape index (κ1) is 20.6. The number of nitrogens with zero attached hydrogens (tertiary/aromatic N) is 2. The van der Waals surface area contributed by atoms with E-state index in [0.29, 0.717) is 44.6 Å². The Bertz CT molecular complexity index is 749. The number of hydrogen-bond acceptors (Lipinski definition) is 5. The number of esters is 1. The van der Waals surface area contributed by atoms with E-state index in [1.807, 2.05) is 4.90 Å². The molecule has 2 amide bonds. The largest absolute Gasteiger partial charge is 0.466 e. The fraction of sp³-hybridized carbons (Fsp3) is 0.550. The normalized spacial score (nSPS) is 18.4. The summed E-state index contributed by atoms with van der Waals surface area (Å²) < 4.78 is 18.4. The second kappa shape index (κ2) is 8.94. The van der Waals surface area contributed by atoms with Crippen LogP contribution in [0, 0.1) is 5.82 Å². The topological polar surface area (TPSA) is 66.9 Å². The number of carbonyl (C=O) groups excluding carboxylic acids is 3. The Morgan fingerprint density at radius 1 is 1.18 bits per heavy atom. The van der Waals surface area contributed by atoms with Gasteiger partial charge in [-0.2, -0.15) is 0 Å². The van der Waals surface area contributed by atoms with Gasteiger partial charge in [-0.15, -0.1) is 11.8 Å². The summed E-state index contributed by atoms with van der Waals surface area (Å²) in [5, 5.41) is 0. The molecule has 2 saturated heterocycles. The molecule has 0 aliphatic carbocycles. The number of rotatable bonds is 5. The molecule has 0 N–H and O–H groups in total. The van der Waals surface area contributed by atoms with Gasteiger partial charge in [-0.1, -0.05) is 6.07 Å². The number of likely N-dealkylation sites (tertiary alicyclic amines) is 1. The van der Waals surface area contributed by atoms with Crippen molar-refractivity contribution >= 4 is 29.5 Å². The second-order valence-corrected chi connectivity index (χ2v) is 8.40. The molecule has 6 nitrogen and oxygen atoms in total. The van der Waals surface area contributed by atoms with Crippen molar-refractivity contribution in [2.24, 2.45) is 0 Å². The number of thioether (sulfide) groups is 1. The SMILES string of the molecule is CCOC(=O)CCC(=O)N1CCC2(CC1)SCCN2C(=O)c1cccc(F)c1. The molecule has 1 spiro atoms. The van der Waals surface area contributed by atoms with Crippen LogP contribution >= 0.6 is 11.8 Å². The Labute approximate surface area is 168 Å². The van der Waals surface area contributed by atoms with Crippen molar-refractivity contribution in [1.82, 2.24) is 9.80 Å². The number of ether oxygens (including phenoxy) is 1. The Kier molecular flexibility index (Phi) is 6.59. The van der Waals surface area contributed by atoms with Crippen molar-refractivity contribution in [3.63, 3.8) is 0 Å². The predicted molar refractivity (Wildman–Crippen MR) is 104 cm³/mol. The summed E-state index contributed by atoms with van der Waals surface area (Å²) in [6, 6.07) is 5.78. The molecule has 8 heteroatoms. The molecule has 2 heterocycles. The summed E-state index contributed by atoms with van der Waals surface area (Å²) in [5.41, 5.74) is 0.356. The maximum absolute atomic E-state index is 13.5. The highest BCUT2D eigenvalue weighted by atomic mass is 32.2. The van der Waals surface area contributed by atoms with E-state index in [4.69, 9.17) is 4.74 Å². The van der Waals surface area contributed by atoms with Crippen molar-refractivity contribution in [3.8, 4) is 0 Å². The predicted octanol–water partition coefficient (Wildman–Crippen LogP) is 2.68. The molecule has 0 aromatic heterocycles. The maximum Gasteiger partial charge on any atom is 0.306 e. The fourth-order valence-corrected chi connectivity index (χ4v) is 5.25. The summed E-state index contributed by atoms with van der Waals surface area (Å²) in [7, 11) is 0. The number of carbonyl (C=O) groups is 3. The van der Waals surface area contributed by atoms with E-state index < -0.39 is 5.82 Å². The van der Waals surface area contributed by atoms with E-state index in [-0.39, 0.29) is 35.5 Å². The van der Waals surface area contributed by atoms with Gasteiger partial charge in [0.2, 0.25) is 5.91 Å². The molecular weight excluding hydrogens is 383 g/mol. The molecule has 2 aliphatic heterocycles. The average molecular weight is 408 g/mol. The average Bonchev–Trinajstić information content (AvgIpc) is 3.09. The van der Waals surface area contributed by atoms with Crippen LogP contribution in [0.4, 0.5) is 4.39 Å². The monoisotopic (exact) mass is 408 g/mol. The molecule has 2 fully saturated rings. The lowest BCUT2D eigenvalue weighted by Crippen LogP contribution is -2.53. The lowest BCUT2D eigenvalue weighted by Gasteiger charge is -2.44. The number of hydrogen-bond donors (Lipinski definition) is 0. The molecule has 3 rings (SSSR count). The molecule has 2 aliphatic rings. The third-order valence-electron chi connectivity index (χ3n) is 5.24. The molecule has 0 saturated carbocycles. The highest BCUT2D eigenvalue weighted by Crippen LogP contribution is 2.44. The highest BCUT2D eigenvalue weighted by molar-refractivity contribution is 8.00. The number of amides is 2. The molecule has 0 radical (unpaired) electrons. The molecular formula is C20H25FN2O4S. The lowest BCUT2D eigenvalue weighted by atomic mass is 10.0. The third-order valence-corrected chi connectivity index (χ3v) is 6.79. The summed E-state index contributed by atoms with van der Waals surface area (Å²) >= 11 is 1.74. The summed E-state index contributed by atoms with van der Waals surface area (Å²) in [6.07, 6.45) is 1.58. The van der Waals surface area contributed by atoms with Gasteiger partial charge < -0.3 is 14.5 Å². The van der Waals surface area contributed by atoms with Crippen molar-refractivity contribution in [1.29, 1.82) is 0 Å². The zero-order chi connectivity index (χ0) is 20.1. The van der Waals surface area contributed by atoms with E-state index >= 15 is 0 Å². The van der Waals surface area contributed by atoms with Gasteiger partial charge in [0, 0.05) is 37.4 Å². The Morgan fingerprint density at radius 3 is 2.61 bits per heavy atom. The fourth-order valence-electron chi connectivity index (χ4n) is 3.79. The molecule has 1 aromatic rings. The van der Waals surface area contributed by atoms with Crippen molar-refractivity contribution in [2.45, 2.75) is 37.5 Å². The Balaban J connectivity index is 1.59. The van der Waals surface area contributed by atoms with Crippen molar-refractivity contribution in [2.75, 3.05) is 32.0 Å². The standard InChI is InChI=1S/C20H25FN2O4S/c1-2-27-18(25)7-6-17(24)22-10-8-20(9-11-22)23(12-13-28-20)19(26)15-4-3-5-16(21)14-15/h3-5,14H,2,6-13H2,1H3. The Hall–Kier alpha value is -2.09. The van der Waals surface area contributed by atoms with Gasteiger partial charge in [-0.3, -0.25) is 14.4 Å². The molecule has 0 atom stereocenters. The Morgan fingerprint density at radius 2 is 1.93 bits per heavy atom. The quantitative estimate of drug-likeness (QED) is 0.701. The smallest absolute Gasteiger partial charge is 0.306 e. The van der Waals surface area contributed by atoms with E-state index in [9.17, 15) is 18.8 Å². The van der Waals surface area contributed by atoms with Crippen LogP contribution in [0.5, 0.6) is 0 Å². The third kappa shape index (κ3) is 4.48. The minimum Gasteiger partial charge on any atom is -0.466 e. The first-order valence-corrected chi connectivity index (χ1v) is 10.6. The number of benzene rings is 1. The summed E-state index contributed by atoms with van der Waals surface area (Å²) in [5.74, 6) is -0.172. The number of piperidine rings is 1. The van der Waals surface area contributed by atoms with Gasteiger partial charge >= 0.3 is 5.97 Å². The first-order chi connectivity index (χ1) is 13.4. The van der Waals surface area contributed by atoms with Crippen molar-refractivity contribution < 1.29 is 23.5 Å². The van der Waals surface area contributed by atoms with Crippen molar-refractivity contribution in [3.05, 3.63) is 35.6 Å². The van der Waals surface area contributed by atoms with E-state index in [0.717, 1.165) is 5.75 Å². The van der Waals surface area contributed by atoms with Gasteiger partial charge in [0.15, 0.2) is 0 Å². The van der Waals surface area contributed by atoms with E-state index in [1.54, 1.807) is 35.7 Å². The van der Waals surface area contributed by atoms with Gasteiger partial charge in [0.05, 0.1) is 17.9 Å². The molecule has 28 heavy (non-hydrogen) atoms. The van der Waals surface area contributed by atoms with Crippen LogP contribution in [0.1, 0.15) is 43.0 Å². The minimum absolute atomic E-state index is 0.0612. The van der Waals surface area contributed by atoms with Crippen LogP contribution in [-0.2, 0) is 14.3 Å². The molecule has 152 valence electrons.